The lowest BCUT2D eigenvalue weighted by Gasteiger charge is -2.26. The van der Waals surface area contributed by atoms with Crippen molar-refractivity contribution in [3.63, 3.8) is 0 Å². The second kappa shape index (κ2) is 6.97. The molecule has 4 aromatic rings. The number of nitrogens with zero attached hydrogens (tertiary/aromatic N) is 5. The molecule has 3 atom stereocenters. The molecule has 0 aliphatic carbocycles. The maximum Gasteiger partial charge on any atom is 0.264 e. The molecule has 2 bridgehead atoms. The van der Waals surface area contributed by atoms with Crippen LogP contribution in [0.25, 0.3) is 33.1 Å². The van der Waals surface area contributed by atoms with Crippen molar-refractivity contribution in [3.8, 4) is 11.1 Å². The molecule has 32 heavy (non-hydrogen) atoms. The number of likely N-dealkylation sites (N-methyl/N-ethyl adjacent to an activating group) is 1. The highest BCUT2D eigenvalue weighted by molar-refractivity contribution is 6.43. The Kier molecular flexibility index (Phi) is 4.38. The molecule has 5 heterocycles. The Balaban J connectivity index is 1.53. The number of fused-ring (bicyclic) bond motifs is 4. The van der Waals surface area contributed by atoms with Crippen molar-refractivity contribution in [1.82, 2.24) is 29.6 Å². The first-order valence-corrected chi connectivity index (χ1v) is 11.5. The highest BCUT2D eigenvalue weighted by Crippen LogP contribution is 2.42. The molecule has 2 fully saturated rings. The predicted molar refractivity (Wildman–Crippen MR) is 128 cm³/mol. The second-order valence-electron chi connectivity index (χ2n) is 8.77. The average Bonchev–Trinajstić information content (AvgIpc) is 3.53. The van der Waals surface area contributed by atoms with Crippen LogP contribution in [0.4, 0.5) is 5.95 Å². The van der Waals surface area contributed by atoms with Gasteiger partial charge in [-0.1, -0.05) is 29.3 Å². The number of hydrogen-bond acceptors (Lipinski definition) is 5. The van der Waals surface area contributed by atoms with E-state index in [0.29, 0.717) is 55.8 Å². The number of hydrogen-bond donors (Lipinski definition) is 2. The van der Waals surface area contributed by atoms with Gasteiger partial charge in [0.25, 0.3) is 5.56 Å². The molecule has 2 aliphatic rings. The minimum absolute atomic E-state index is 0.0954. The van der Waals surface area contributed by atoms with Gasteiger partial charge >= 0.3 is 0 Å². The fraction of sp³-hybridized carbons (Fsp3) is 0.409. The van der Waals surface area contributed by atoms with Crippen molar-refractivity contribution in [1.29, 1.82) is 0 Å². The zero-order valence-electron chi connectivity index (χ0n) is 18.0. The van der Waals surface area contributed by atoms with E-state index in [1.54, 1.807) is 29.5 Å². The first kappa shape index (κ1) is 20.1. The Hall–Kier alpha value is -2.55. The summed E-state index contributed by atoms with van der Waals surface area (Å²) in [6.45, 7) is 0. The Morgan fingerprint density at radius 2 is 1.97 bits per heavy atom. The van der Waals surface area contributed by atoms with Gasteiger partial charge in [-0.25, -0.2) is 0 Å². The molecule has 0 amide bonds. The van der Waals surface area contributed by atoms with Crippen molar-refractivity contribution >= 4 is 51.1 Å². The summed E-state index contributed by atoms with van der Waals surface area (Å²) in [6, 6.07) is 4.94. The molecule has 3 aromatic heterocycles. The summed E-state index contributed by atoms with van der Waals surface area (Å²) in [5, 5.41) is 9.94. The van der Waals surface area contributed by atoms with Gasteiger partial charge in [0.1, 0.15) is 10.8 Å². The van der Waals surface area contributed by atoms with E-state index in [4.69, 9.17) is 28.2 Å². The molecule has 0 spiro atoms. The quantitative estimate of drug-likeness (QED) is 0.477. The maximum absolute atomic E-state index is 13.6. The summed E-state index contributed by atoms with van der Waals surface area (Å²) in [5.74, 6) is 0.720. The molecule has 1 aromatic carbocycles. The molecule has 6 rings (SSSR count). The van der Waals surface area contributed by atoms with Crippen LogP contribution in [-0.2, 0) is 14.1 Å². The average molecular weight is 472 g/mol. The fourth-order valence-corrected chi connectivity index (χ4v) is 6.25. The zero-order valence-corrected chi connectivity index (χ0v) is 19.5. The van der Waals surface area contributed by atoms with Gasteiger partial charge in [-0.05, 0) is 32.4 Å². The van der Waals surface area contributed by atoms with Crippen LogP contribution in [0.3, 0.4) is 0 Å². The van der Waals surface area contributed by atoms with Crippen LogP contribution in [-0.4, -0.2) is 49.5 Å². The van der Waals surface area contributed by atoms with Gasteiger partial charge in [-0.3, -0.25) is 14.0 Å². The maximum atomic E-state index is 13.6. The minimum Gasteiger partial charge on any atom is -0.345 e. The Labute approximate surface area is 194 Å². The Bertz CT molecular complexity index is 1450. The van der Waals surface area contributed by atoms with Gasteiger partial charge in [-0.2, -0.15) is 10.1 Å². The van der Waals surface area contributed by atoms with Crippen molar-refractivity contribution in [2.45, 2.75) is 37.4 Å². The van der Waals surface area contributed by atoms with Gasteiger partial charge in [0, 0.05) is 49.5 Å². The highest BCUT2D eigenvalue weighted by atomic mass is 35.5. The molecule has 2 N–H and O–H groups in total. The second-order valence-corrected chi connectivity index (χ2v) is 9.51. The van der Waals surface area contributed by atoms with Crippen LogP contribution in [0.15, 0.2) is 23.1 Å². The van der Waals surface area contributed by atoms with Crippen LogP contribution in [0.5, 0.6) is 0 Å². The van der Waals surface area contributed by atoms with E-state index in [-0.39, 0.29) is 5.56 Å². The molecule has 166 valence electrons. The summed E-state index contributed by atoms with van der Waals surface area (Å²) in [6.07, 6.45) is 5.12. The smallest absolute Gasteiger partial charge is 0.264 e. The largest absolute Gasteiger partial charge is 0.345 e. The molecule has 8 nitrogen and oxygen atoms in total. The topological polar surface area (TPSA) is 83.8 Å². The third-order valence-electron chi connectivity index (χ3n) is 7.19. The first-order chi connectivity index (χ1) is 15.4. The van der Waals surface area contributed by atoms with E-state index in [2.05, 4.69) is 20.3 Å². The third kappa shape index (κ3) is 2.57. The molecule has 0 radical (unpaired) electrons. The Morgan fingerprint density at radius 1 is 1.16 bits per heavy atom. The number of rotatable bonds is 3. The van der Waals surface area contributed by atoms with Crippen LogP contribution in [0.1, 0.15) is 19.3 Å². The zero-order chi connectivity index (χ0) is 22.3. The Morgan fingerprint density at radius 3 is 2.72 bits per heavy atom. The lowest BCUT2D eigenvalue weighted by molar-refractivity contribution is 0.445. The van der Waals surface area contributed by atoms with Crippen LogP contribution in [0, 0.1) is 0 Å². The van der Waals surface area contributed by atoms with Gasteiger partial charge in [-0.15, -0.1) is 0 Å². The van der Waals surface area contributed by atoms with Crippen molar-refractivity contribution in [2.75, 3.05) is 11.9 Å². The van der Waals surface area contributed by atoms with Crippen LogP contribution < -0.4 is 15.8 Å². The fourth-order valence-electron chi connectivity index (χ4n) is 5.63. The molecule has 1 unspecified atom stereocenters. The molecule has 0 saturated carbocycles. The lowest BCUT2D eigenvalue weighted by atomic mass is 9.96. The predicted octanol–water partition coefficient (Wildman–Crippen LogP) is 3.45. The number of anilines is 1. The van der Waals surface area contributed by atoms with E-state index in [0.717, 1.165) is 30.8 Å². The summed E-state index contributed by atoms with van der Waals surface area (Å²) in [5.41, 5.74) is 2.62. The van der Waals surface area contributed by atoms with Gasteiger partial charge in [0.2, 0.25) is 5.95 Å². The van der Waals surface area contributed by atoms with Gasteiger partial charge in [0.05, 0.1) is 21.3 Å². The van der Waals surface area contributed by atoms with Crippen LogP contribution >= 0.6 is 23.2 Å². The molecule has 2 aliphatic heterocycles. The molecular weight excluding hydrogens is 449 g/mol. The normalized spacial score (nSPS) is 22.7. The van der Waals surface area contributed by atoms with E-state index >= 15 is 0 Å². The number of H-pyrrole nitrogens is 1. The van der Waals surface area contributed by atoms with Crippen LogP contribution in [0.2, 0.25) is 10.2 Å². The van der Waals surface area contributed by atoms with E-state index < -0.39 is 0 Å². The summed E-state index contributed by atoms with van der Waals surface area (Å²) < 4.78 is 3.26. The van der Waals surface area contributed by atoms with Crippen molar-refractivity contribution in [2.24, 2.45) is 14.1 Å². The third-order valence-corrected chi connectivity index (χ3v) is 8.01. The number of halogens is 2. The summed E-state index contributed by atoms with van der Waals surface area (Å²) in [7, 11) is 5.58. The lowest BCUT2D eigenvalue weighted by Crippen LogP contribution is -2.41. The number of benzene rings is 1. The first-order valence-electron chi connectivity index (χ1n) is 10.8. The molecule has 10 heteroatoms. The summed E-state index contributed by atoms with van der Waals surface area (Å²) >= 11 is 13.2. The number of aryl methyl sites for hydroxylation is 1. The monoisotopic (exact) mass is 471 g/mol. The standard InChI is InChI=1S/C22H23Cl2N7O/c1-25-14-8-10-4-7-15(14)31(10)22-27-20-16(21(32)29(22)2)12(9-26-20)11-5-6-13-17(18(11)23)19(24)30(3)28-13/h5-6,9-10,14-15,25-26H,4,7-8H2,1-3H3/t10-,14+,15?/m0/s1. The van der Waals surface area contributed by atoms with Gasteiger partial charge < -0.3 is 15.2 Å². The van der Waals surface area contributed by atoms with Crippen molar-refractivity contribution < 1.29 is 0 Å². The minimum atomic E-state index is -0.0954. The SMILES string of the molecule is CN[C@@H]1C[C@@H]2CCC1N2c1nc2[nH]cc(-c3ccc4nn(C)c(Cl)c4c3Cl)c2c(=O)n1C. The van der Waals surface area contributed by atoms with Crippen molar-refractivity contribution in [3.05, 3.63) is 38.9 Å². The number of aromatic nitrogens is 5. The van der Waals surface area contributed by atoms with E-state index in [1.807, 2.05) is 19.2 Å². The number of nitrogens with one attached hydrogen (secondary N) is 2. The summed E-state index contributed by atoms with van der Waals surface area (Å²) in [4.78, 5) is 24.0. The highest BCUT2D eigenvalue weighted by Gasteiger charge is 2.47. The number of aromatic amines is 1. The molecular formula is C22H23Cl2N7O. The molecule has 2 saturated heterocycles. The van der Waals surface area contributed by atoms with E-state index in [9.17, 15) is 4.79 Å². The van der Waals surface area contributed by atoms with E-state index in [1.165, 1.54) is 0 Å². The van der Waals surface area contributed by atoms with Gasteiger partial charge in [0.15, 0.2) is 0 Å².